The van der Waals surface area contributed by atoms with Gasteiger partial charge in [0.25, 0.3) is 0 Å². The first kappa shape index (κ1) is 21.1. The molecule has 1 fully saturated rings. The summed E-state index contributed by atoms with van der Waals surface area (Å²) in [6.07, 6.45) is 6.17. The quantitative estimate of drug-likeness (QED) is 0.588. The van der Waals surface area contributed by atoms with Crippen LogP contribution in [0, 0.1) is 17.6 Å². The Balaban J connectivity index is 2.03. The number of aliphatic imine (C=N–C) groups is 1. The van der Waals surface area contributed by atoms with Crippen molar-refractivity contribution in [1.29, 1.82) is 0 Å². The summed E-state index contributed by atoms with van der Waals surface area (Å²) in [5, 5.41) is 6.50. The minimum absolute atomic E-state index is 0.0253. The largest absolute Gasteiger partial charge is 0.356 e. The van der Waals surface area contributed by atoms with Gasteiger partial charge in [-0.15, -0.1) is 0 Å². The highest BCUT2D eigenvalue weighted by molar-refractivity contribution is 5.85. The van der Waals surface area contributed by atoms with Crippen molar-refractivity contribution in [2.24, 2.45) is 10.9 Å². The van der Waals surface area contributed by atoms with E-state index in [2.05, 4.69) is 15.6 Å². The first-order chi connectivity index (χ1) is 12.9. The monoisotopic (exact) mass is 380 g/mol. The molecule has 1 aromatic carbocycles. The number of rotatable bonds is 6. The molecule has 150 valence electrons. The number of halogens is 2. The summed E-state index contributed by atoms with van der Waals surface area (Å²) in [7, 11) is 3.37. The topological polar surface area (TPSA) is 56.7 Å². The molecule has 1 amide bonds. The highest BCUT2D eigenvalue weighted by atomic mass is 19.2. The number of amides is 1. The summed E-state index contributed by atoms with van der Waals surface area (Å²) < 4.78 is 26.7. The van der Waals surface area contributed by atoms with Crippen molar-refractivity contribution < 1.29 is 13.6 Å². The molecule has 5 nitrogen and oxygen atoms in total. The fourth-order valence-electron chi connectivity index (χ4n) is 3.14. The van der Waals surface area contributed by atoms with Crippen molar-refractivity contribution in [2.75, 3.05) is 27.2 Å². The number of hydrogen-bond acceptors (Lipinski definition) is 2. The zero-order chi connectivity index (χ0) is 19.8. The van der Waals surface area contributed by atoms with Crippen molar-refractivity contribution in [1.82, 2.24) is 15.5 Å². The van der Waals surface area contributed by atoms with Gasteiger partial charge in [0.15, 0.2) is 17.6 Å². The highest BCUT2D eigenvalue weighted by Gasteiger charge is 2.16. The Morgan fingerprint density at radius 1 is 1.22 bits per heavy atom. The van der Waals surface area contributed by atoms with E-state index in [0.29, 0.717) is 17.4 Å². The molecule has 2 N–H and O–H groups in total. The normalized spacial score (nSPS) is 16.7. The standard InChI is InChI=1S/C20H30F2N4O/c1-14(16-9-10-17(21)18(22)11-16)25-20(24-13-19(27)26(2)3)23-12-15-7-5-4-6-8-15/h9-11,14-15H,4-8,12-13H2,1-3H3,(H2,23,24,25). The van der Waals surface area contributed by atoms with Crippen LogP contribution in [0.3, 0.4) is 0 Å². The Hall–Kier alpha value is -2.18. The molecule has 0 bridgehead atoms. The predicted molar refractivity (Wildman–Crippen MR) is 103 cm³/mol. The van der Waals surface area contributed by atoms with Gasteiger partial charge in [0, 0.05) is 20.6 Å². The van der Waals surface area contributed by atoms with Crippen molar-refractivity contribution in [2.45, 2.75) is 45.1 Å². The third kappa shape index (κ3) is 6.81. The van der Waals surface area contributed by atoms with Gasteiger partial charge in [-0.2, -0.15) is 0 Å². The molecule has 27 heavy (non-hydrogen) atoms. The Morgan fingerprint density at radius 3 is 2.56 bits per heavy atom. The summed E-state index contributed by atoms with van der Waals surface area (Å²) >= 11 is 0. The number of likely N-dealkylation sites (N-methyl/N-ethyl adjacent to an activating group) is 1. The van der Waals surface area contributed by atoms with Crippen molar-refractivity contribution in [3.05, 3.63) is 35.4 Å². The molecule has 0 radical (unpaired) electrons. The maximum Gasteiger partial charge on any atom is 0.243 e. The highest BCUT2D eigenvalue weighted by Crippen LogP contribution is 2.22. The van der Waals surface area contributed by atoms with E-state index in [0.717, 1.165) is 12.6 Å². The lowest BCUT2D eigenvalue weighted by Crippen LogP contribution is -2.42. The van der Waals surface area contributed by atoms with Crippen molar-refractivity contribution in [3.8, 4) is 0 Å². The number of guanidine groups is 1. The van der Waals surface area contributed by atoms with E-state index in [1.807, 2.05) is 6.92 Å². The number of nitrogens with one attached hydrogen (secondary N) is 2. The molecule has 0 spiro atoms. The number of carbonyl (C=O) groups excluding carboxylic acids is 1. The number of hydrogen-bond donors (Lipinski definition) is 2. The molecule has 0 saturated heterocycles. The summed E-state index contributed by atoms with van der Waals surface area (Å²) in [4.78, 5) is 17.7. The van der Waals surface area contributed by atoms with Crippen LogP contribution < -0.4 is 10.6 Å². The lowest BCUT2D eigenvalue weighted by molar-refractivity contribution is -0.127. The molecule has 1 saturated carbocycles. The fourth-order valence-corrected chi connectivity index (χ4v) is 3.14. The molecule has 1 aliphatic rings. The van der Waals surface area contributed by atoms with Crippen LogP contribution in [0.5, 0.6) is 0 Å². The van der Waals surface area contributed by atoms with Gasteiger partial charge in [0.1, 0.15) is 6.54 Å². The van der Waals surface area contributed by atoms with Gasteiger partial charge < -0.3 is 15.5 Å². The van der Waals surface area contributed by atoms with Gasteiger partial charge in [-0.25, -0.2) is 13.8 Å². The van der Waals surface area contributed by atoms with Crippen LogP contribution >= 0.6 is 0 Å². The molecule has 7 heteroatoms. The minimum Gasteiger partial charge on any atom is -0.356 e. The zero-order valence-corrected chi connectivity index (χ0v) is 16.4. The Labute approximate surface area is 160 Å². The molecule has 0 aromatic heterocycles. The molecule has 1 atom stereocenters. The Morgan fingerprint density at radius 2 is 1.93 bits per heavy atom. The van der Waals surface area contributed by atoms with Gasteiger partial charge in [-0.1, -0.05) is 25.3 Å². The average molecular weight is 380 g/mol. The van der Waals surface area contributed by atoms with E-state index in [1.54, 1.807) is 20.2 Å². The number of benzene rings is 1. The third-order valence-corrected chi connectivity index (χ3v) is 4.95. The molecular weight excluding hydrogens is 350 g/mol. The second-order valence-corrected chi connectivity index (χ2v) is 7.38. The van der Waals surface area contributed by atoms with E-state index < -0.39 is 11.6 Å². The summed E-state index contributed by atoms with van der Waals surface area (Å²) in [5.74, 6) is -0.749. The molecular formula is C20H30F2N4O. The molecule has 1 aromatic rings. The van der Waals surface area contributed by atoms with Crippen LogP contribution in [0.4, 0.5) is 8.78 Å². The zero-order valence-electron chi connectivity index (χ0n) is 16.4. The summed E-state index contributed by atoms with van der Waals surface area (Å²) in [6.45, 7) is 2.65. The van der Waals surface area contributed by atoms with Crippen LogP contribution in [0.15, 0.2) is 23.2 Å². The molecule has 2 rings (SSSR count). The van der Waals surface area contributed by atoms with Gasteiger partial charge in [0.05, 0.1) is 6.04 Å². The van der Waals surface area contributed by atoms with Crippen LogP contribution in [-0.2, 0) is 4.79 Å². The van der Waals surface area contributed by atoms with E-state index in [-0.39, 0.29) is 18.5 Å². The third-order valence-electron chi connectivity index (χ3n) is 4.95. The van der Waals surface area contributed by atoms with Gasteiger partial charge in [-0.05, 0) is 43.4 Å². The Kier molecular flexibility index (Phi) is 8.00. The van der Waals surface area contributed by atoms with E-state index in [4.69, 9.17) is 0 Å². The second-order valence-electron chi connectivity index (χ2n) is 7.38. The first-order valence-corrected chi connectivity index (χ1v) is 9.56. The average Bonchev–Trinajstić information content (AvgIpc) is 2.66. The number of carbonyl (C=O) groups is 1. The van der Waals surface area contributed by atoms with E-state index >= 15 is 0 Å². The van der Waals surface area contributed by atoms with E-state index in [9.17, 15) is 13.6 Å². The predicted octanol–water partition coefficient (Wildman–Crippen LogP) is 3.23. The first-order valence-electron chi connectivity index (χ1n) is 9.56. The maximum absolute atomic E-state index is 13.5. The fraction of sp³-hybridized carbons (Fsp3) is 0.600. The van der Waals surface area contributed by atoms with Crippen LogP contribution in [-0.4, -0.2) is 44.0 Å². The summed E-state index contributed by atoms with van der Waals surface area (Å²) in [5.41, 5.74) is 0.611. The lowest BCUT2D eigenvalue weighted by Gasteiger charge is -2.24. The SMILES string of the molecule is CC(NC(=NCC(=O)N(C)C)NCC1CCCCC1)c1ccc(F)c(F)c1. The van der Waals surface area contributed by atoms with Crippen LogP contribution in [0.25, 0.3) is 0 Å². The Bertz CT molecular complexity index is 657. The van der Waals surface area contributed by atoms with E-state index in [1.165, 1.54) is 43.1 Å². The van der Waals surface area contributed by atoms with Crippen molar-refractivity contribution in [3.63, 3.8) is 0 Å². The smallest absolute Gasteiger partial charge is 0.243 e. The van der Waals surface area contributed by atoms with Gasteiger partial charge in [0.2, 0.25) is 5.91 Å². The molecule has 0 aliphatic heterocycles. The minimum atomic E-state index is -0.877. The molecule has 0 heterocycles. The van der Waals surface area contributed by atoms with Crippen molar-refractivity contribution >= 4 is 11.9 Å². The second kappa shape index (κ2) is 10.2. The summed E-state index contributed by atoms with van der Waals surface area (Å²) in [6, 6.07) is 3.55. The lowest BCUT2D eigenvalue weighted by atomic mass is 9.89. The molecule has 1 aliphatic carbocycles. The molecule has 1 unspecified atom stereocenters. The van der Waals surface area contributed by atoms with Gasteiger partial charge in [-0.3, -0.25) is 4.79 Å². The number of nitrogens with zero attached hydrogens (tertiary/aromatic N) is 2. The maximum atomic E-state index is 13.5. The van der Waals surface area contributed by atoms with Gasteiger partial charge >= 0.3 is 0 Å². The van der Waals surface area contributed by atoms with Crippen LogP contribution in [0.2, 0.25) is 0 Å². The van der Waals surface area contributed by atoms with Crippen LogP contribution in [0.1, 0.15) is 50.6 Å².